The van der Waals surface area contributed by atoms with Crippen LogP contribution in [0.1, 0.15) is 151 Å². The SMILES string of the molecule is CCCCCCCC(=O)Nc1cncc(C2CCCN2C)c1.CN1CCCC1c1cncc(N)c1.CN1CCCC1c1cncc(NC(=O)CCCCCCN)c1. The average Bonchev–Trinajstić information content (AvgIpc) is 3.96. The van der Waals surface area contributed by atoms with Crippen molar-refractivity contribution in [2.24, 2.45) is 5.73 Å². The molecule has 57 heavy (non-hydrogen) atoms. The first-order valence-electron chi connectivity index (χ1n) is 21.7. The van der Waals surface area contributed by atoms with Crippen LogP contribution in [-0.4, -0.2) is 88.8 Å². The molecular formula is C45H72N10O2. The Labute approximate surface area is 343 Å². The number of nitrogens with two attached hydrogens (primary N) is 2. The van der Waals surface area contributed by atoms with E-state index in [-0.39, 0.29) is 11.8 Å². The number of carbonyl (C=O) groups excluding carboxylic acids is 2. The largest absolute Gasteiger partial charge is 0.397 e. The molecule has 3 atom stereocenters. The number of carbonyl (C=O) groups is 2. The van der Waals surface area contributed by atoms with E-state index in [2.05, 4.69) is 80.5 Å². The van der Waals surface area contributed by atoms with Crippen LogP contribution >= 0.6 is 0 Å². The van der Waals surface area contributed by atoms with Gasteiger partial charge in [-0.05, 0) is 140 Å². The average molecular weight is 785 g/mol. The summed E-state index contributed by atoms with van der Waals surface area (Å²) in [6.07, 6.45) is 29.4. The van der Waals surface area contributed by atoms with Crippen molar-refractivity contribution in [2.45, 2.75) is 134 Å². The molecule has 3 aliphatic heterocycles. The highest BCUT2D eigenvalue weighted by molar-refractivity contribution is 5.91. The molecule has 3 aromatic heterocycles. The summed E-state index contributed by atoms with van der Waals surface area (Å²) in [4.78, 5) is 43.7. The van der Waals surface area contributed by atoms with Crippen LogP contribution in [0, 0.1) is 0 Å². The van der Waals surface area contributed by atoms with Crippen LogP contribution < -0.4 is 22.1 Å². The van der Waals surface area contributed by atoms with Crippen molar-refractivity contribution in [3.63, 3.8) is 0 Å². The molecule has 0 bridgehead atoms. The number of likely N-dealkylation sites (tertiary alicyclic amines) is 3. The Morgan fingerprint density at radius 3 is 1.39 bits per heavy atom. The number of rotatable bonds is 17. The summed E-state index contributed by atoms with van der Waals surface area (Å²) < 4.78 is 0. The number of anilines is 3. The molecule has 0 saturated carbocycles. The van der Waals surface area contributed by atoms with Crippen LogP contribution in [0.25, 0.3) is 0 Å². The van der Waals surface area contributed by atoms with Crippen molar-refractivity contribution in [3.05, 3.63) is 72.1 Å². The lowest BCUT2D eigenvalue weighted by molar-refractivity contribution is -0.117. The quantitative estimate of drug-likeness (QED) is 0.0982. The second-order valence-corrected chi connectivity index (χ2v) is 16.2. The Bertz CT molecular complexity index is 1530. The predicted octanol–water partition coefficient (Wildman–Crippen LogP) is 8.27. The van der Waals surface area contributed by atoms with Crippen LogP contribution in [0.4, 0.5) is 17.1 Å². The summed E-state index contributed by atoms with van der Waals surface area (Å²) in [6, 6.07) is 7.56. The Balaban J connectivity index is 0.000000196. The molecule has 0 aromatic carbocycles. The molecule has 0 radical (unpaired) electrons. The second-order valence-electron chi connectivity index (χ2n) is 16.2. The molecular weight excluding hydrogens is 713 g/mol. The summed E-state index contributed by atoms with van der Waals surface area (Å²) in [5, 5.41) is 5.96. The van der Waals surface area contributed by atoms with Crippen molar-refractivity contribution < 1.29 is 9.59 Å². The maximum absolute atomic E-state index is 12.0. The monoisotopic (exact) mass is 785 g/mol. The smallest absolute Gasteiger partial charge is 0.224 e. The van der Waals surface area contributed by atoms with E-state index in [1.54, 1.807) is 18.6 Å². The predicted molar refractivity (Wildman–Crippen MR) is 234 cm³/mol. The van der Waals surface area contributed by atoms with E-state index in [0.29, 0.717) is 31.0 Å². The van der Waals surface area contributed by atoms with E-state index < -0.39 is 0 Å². The van der Waals surface area contributed by atoms with Crippen LogP contribution in [0.5, 0.6) is 0 Å². The van der Waals surface area contributed by atoms with Crippen molar-refractivity contribution in [3.8, 4) is 0 Å². The Hall–Kier alpha value is -3.97. The fraction of sp³-hybridized carbons (Fsp3) is 0.622. The van der Waals surface area contributed by atoms with E-state index in [4.69, 9.17) is 11.5 Å². The van der Waals surface area contributed by atoms with Gasteiger partial charge in [-0.3, -0.25) is 39.2 Å². The first-order chi connectivity index (χ1) is 27.7. The molecule has 314 valence electrons. The first kappa shape index (κ1) is 45.7. The number of hydrogen-bond donors (Lipinski definition) is 4. The maximum Gasteiger partial charge on any atom is 0.224 e. The molecule has 3 unspecified atom stereocenters. The van der Waals surface area contributed by atoms with Gasteiger partial charge in [0.2, 0.25) is 11.8 Å². The number of hydrogen-bond acceptors (Lipinski definition) is 10. The van der Waals surface area contributed by atoms with Gasteiger partial charge in [-0.2, -0.15) is 0 Å². The number of nitrogen functional groups attached to an aromatic ring is 1. The van der Waals surface area contributed by atoms with Gasteiger partial charge in [-0.15, -0.1) is 0 Å². The molecule has 6 N–H and O–H groups in total. The third-order valence-electron chi connectivity index (χ3n) is 11.4. The highest BCUT2D eigenvalue weighted by Crippen LogP contribution is 2.33. The normalized spacial score (nSPS) is 19.7. The lowest BCUT2D eigenvalue weighted by Gasteiger charge is -2.20. The molecule has 6 heterocycles. The topological polar surface area (TPSA) is 159 Å². The number of nitrogens with one attached hydrogen (secondary N) is 2. The minimum Gasteiger partial charge on any atom is -0.397 e. The minimum absolute atomic E-state index is 0.0754. The van der Waals surface area contributed by atoms with Crippen molar-refractivity contribution in [1.82, 2.24) is 29.7 Å². The van der Waals surface area contributed by atoms with E-state index in [0.717, 1.165) is 81.6 Å². The Morgan fingerprint density at radius 2 is 1.00 bits per heavy atom. The second kappa shape index (κ2) is 25.4. The molecule has 0 aliphatic carbocycles. The molecule has 12 heteroatoms. The summed E-state index contributed by atoms with van der Waals surface area (Å²) in [5.41, 5.74) is 17.2. The van der Waals surface area contributed by atoms with Gasteiger partial charge in [0.05, 0.1) is 29.5 Å². The fourth-order valence-corrected chi connectivity index (χ4v) is 8.19. The minimum atomic E-state index is 0.0754. The van der Waals surface area contributed by atoms with Gasteiger partial charge in [0.1, 0.15) is 0 Å². The number of amides is 2. The molecule has 6 rings (SSSR count). The summed E-state index contributed by atoms with van der Waals surface area (Å²) >= 11 is 0. The van der Waals surface area contributed by atoms with Gasteiger partial charge in [-0.1, -0.05) is 45.4 Å². The van der Waals surface area contributed by atoms with Crippen molar-refractivity contribution in [2.75, 3.05) is 63.7 Å². The molecule has 3 saturated heterocycles. The van der Waals surface area contributed by atoms with Crippen LogP contribution in [-0.2, 0) is 9.59 Å². The highest BCUT2D eigenvalue weighted by Gasteiger charge is 2.25. The van der Waals surface area contributed by atoms with Gasteiger partial charge < -0.3 is 22.1 Å². The summed E-state index contributed by atoms with van der Waals surface area (Å²) in [6.45, 7) is 6.39. The van der Waals surface area contributed by atoms with Gasteiger partial charge in [0.15, 0.2) is 0 Å². The van der Waals surface area contributed by atoms with E-state index in [1.807, 2.05) is 24.7 Å². The zero-order valence-electron chi connectivity index (χ0n) is 35.4. The fourth-order valence-electron chi connectivity index (χ4n) is 8.19. The van der Waals surface area contributed by atoms with Crippen LogP contribution in [0.15, 0.2) is 55.4 Å². The van der Waals surface area contributed by atoms with Gasteiger partial charge >= 0.3 is 0 Å². The third kappa shape index (κ3) is 16.1. The standard InChI is InChI=1S/C18H29N3O.C17H28N4O.C10H15N3/c1-3-4-5-6-7-10-18(22)20-16-12-15(13-19-14-16)17-9-8-11-21(17)2;1-21-10-6-7-16(21)14-11-15(13-19-12-14)20-17(22)8-4-2-3-5-9-18;1-13-4-2-3-10(13)8-5-9(11)7-12-6-8/h12-14,17H,3-11H2,1-2H3,(H,20,22);11-13,16H,2-10,18H2,1H3,(H,20,22);5-7,10H,2-4,11H2,1H3. The number of pyridine rings is 3. The van der Waals surface area contributed by atoms with Crippen molar-refractivity contribution >= 4 is 28.9 Å². The molecule has 3 aliphatic rings. The lowest BCUT2D eigenvalue weighted by atomic mass is 10.1. The molecule has 3 aromatic rings. The first-order valence-corrected chi connectivity index (χ1v) is 21.7. The van der Waals surface area contributed by atoms with Crippen LogP contribution in [0.3, 0.4) is 0 Å². The van der Waals surface area contributed by atoms with E-state index in [9.17, 15) is 9.59 Å². The van der Waals surface area contributed by atoms with E-state index >= 15 is 0 Å². The molecule has 0 spiro atoms. The Morgan fingerprint density at radius 1 is 0.596 bits per heavy atom. The zero-order chi connectivity index (χ0) is 40.8. The van der Waals surface area contributed by atoms with E-state index in [1.165, 1.54) is 74.6 Å². The highest BCUT2D eigenvalue weighted by atomic mass is 16.2. The van der Waals surface area contributed by atoms with Gasteiger partial charge in [0.25, 0.3) is 0 Å². The van der Waals surface area contributed by atoms with Gasteiger partial charge in [0, 0.05) is 55.8 Å². The number of nitrogens with zero attached hydrogens (tertiary/aromatic N) is 6. The lowest BCUT2D eigenvalue weighted by Crippen LogP contribution is -2.18. The number of aromatic nitrogens is 3. The summed E-state index contributed by atoms with van der Waals surface area (Å²) in [7, 11) is 6.45. The number of unbranched alkanes of at least 4 members (excludes halogenated alkanes) is 7. The van der Waals surface area contributed by atoms with Crippen LogP contribution in [0.2, 0.25) is 0 Å². The maximum atomic E-state index is 12.0. The molecule has 2 amide bonds. The third-order valence-corrected chi connectivity index (χ3v) is 11.4. The zero-order valence-corrected chi connectivity index (χ0v) is 35.4. The Kier molecular flexibility index (Phi) is 20.4. The summed E-state index contributed by atoms with van der Waals surface area (Å²) in [5.74, 6) is 0.182. The molecule has 12 nitrogen and oxygen atoms in total. The molecule has 3 fully saturated rings. The van der Waals surface area contributed by atoms with Crippen molar-refractivity contribution in [1.29, 1.82) is 0 Å². The van der Waals surface area contributed by atoms with Gasteiger partial charge in [-0.25, -0.2) is 0 Å².